The van der Waals surface area contributed by atoms with E-state index >= 15 is 0 Å². The number of ether oxygens (including phenoxy) is 1. The molecule has 100 valence electrons. The van der Waals surface area contributed by atoms with Gasteiger partial charge in [-0.2, -0.15) is 0 Å². The van der Waals surface area contributed by atoms with Crippen molar-refractivity contribution in [3.05, 3.63) is 28.8 Å². The molecule has 0 amide bonds. The third-order valence-electron chi connectivity index (χ3n) is 3.66. The highest BCUT2D eigenvalue weighted by atomic mass is 35.5. The molecule has 1 aliphatic rings. The van der Waals surface area contributed by atoms with Crippen LogP contribution in [0.1, 0.15) is 38.7 Å². The molecular weight excluding hydrogens is 246 g/mol. The van der Waals surface area contributed by atoms with Crippen molar-refractivity contribution >= 4 is 11.6 Å². The van der Waals surface area contributed by atoms with E-state index in [1.807, 2.05) is 18.2 Å². The van der Waals surface area contributed by atoms with Gasteiger partial charge in [-0.15, -0.1) is 0 Å². The molecule has 0 saturated heterocycles. The summed E-state index contributed by atoms with van der Waals surface area (Å²) in [5, 5.41) is 0.670. The van der Waals surface area contributed by atoms with Gasteiger partial charge in [0.05, 0.1) is 11.1 Å². The molecule has 2 nitrogen and oxygen atoms in total. The standard InChI is InChI=1S/C15H22ClNO/c1-10-5-11(2)7-13(6-10)18-15-4-3-12(9-17)8-14(15)16/h3-4,8,10-11,13H,5-7,9,17H2,1-2H3. The average molecular weight is 268 g/mol. The average Bonchev–Trinajstić information content (AvgIpc) is 2.30. The first-order valence-corrected chi connectivity index (χ1v) is 7.11. The molecule has 1 aromatic rings. The van der Waals surface area contributed by atoms with E-state index in [2.05, 4.69) is 13.8 Å². The van der Waals surface area contributed by atoms with Gasteiger partial charge in [0, 0.05) is 6.54 Å². The summed E-state index contributed by atoms with van der Waals surface area (Å²) in [4.78, 5) is 0. The molecule has 2 atom stereocenters. The summed E-state index contributed by atoms with van der Waals surface area (Å²) < 4.78 is 6.05. The van der Waals surface area contributed by atoms with Gasteiger partial charge >= 0.3 is 0 Å². The van der Waals surface area contributed by atoms with Crippen LogP contribution in [0.5, 0.6) is 5.75 Å². The van der Waals surface area contributed by atoms with Crippen LogP contribution in [-0.2, 0) is 6.54 Å². The Kier molecular flexibility index (Phi) is 4.52. The summed E-state index contributed by atoms with van der Waals surface area (Å²) >= 11 is 6.22. The van der Waals surface area contributed by atoms with Crippen molar-refractivity contribution in [1.82, 2.24) is 0 Å². The van der Waals surface area contributed by atoms with Gasteiger partial charge in [-0.3, -0.25) is 0 Å². The van der Waals surface area contributed by atoms with Gasteiger partial charge in [-0.1, -0.05) is 31.5 Å². The van der Waals surface area contributed by atoms with Crippen molar-refractivity contribution in [2.75, 3.05) is 0 Å². The second-order valence-electron chi connectivity index (χ2n) is 5.63. The second-order valence-corrected chi connectivity index (χ2v) is 6.03. The molecular formula is C15H22ClNO. The van der Waals surface area contributed by atoms with Crippen molar-refractivity contribution in [2.24, 2.45) is 17.6 Å². The molecule has 1 saturated carbocycles. The number of halogens is 1. The highest BCUT2D eigenvalue weighted by molar-refractivity contribution is 6.32. The van der Waals surface area contributed by atoms with E-state index in [9.17, 15) is 0 Å². The summed E-state index contributed by atoms with van der Waals surface area (Å²) in [5.41, 5.74) is 6.63. The predicted molar refractivity (Wildman–Crippen MR) is 75.9 cm³/mol. The van der Waals surface area contributed by atoms with Crippen molar-refractivity contribution in [3.63, 3.8) is 0 Å². The molecule has 18 heavy (non-hydrogen) atoms. The van der Waals surface area contributed by atoms with Crippen LogP contribution in [0, 0.1) is 11.8 Å². The molecule has 1 aromatic carbocycles. The number of hydrogen-bond acceptors (Lipinski definition) is 2. The maximum Gasteiger partial charge on any atom is 0.138 e. The summed E-state index contributed by atoms with van der Waals surface area (Å²) in [6, 6.07) is 5.82. The SMILES string of the molecule is CC1CC(C)CC(Oc2ccc(CN)cc2Cl)C1. The maximum atomic E-state index is 6.22. The molecule has 2 N–H and O–H groups in total. The van der Waals surface area contributed by atoms with Crippen LogP contribution in [0.15, 0.2) is 18.2 Å². The Bertz CT molecular complexity index is 397. The first-order valence-electron chi connectivity index (χ1n) is 6.73. The van der Waals surface area contributed by atoms with Crippen molar-refractivity contribution in [2.45, 2.75) is 45.8 Å². The molecule has 2 unspecified atom stereocenters. The van der Waals surface area contributed by atoms with Crippen LogP contribution in [0.25, 0.3) is 0 Å². The fourth-order valence-electron chi connectivity index (χ4n) is 2.92. The molecule has 2 rings (SSSR count). The van der Waals surface area contributed by atoms with Gasteiger partial charge in [0.2, 0.25) is 0 Å². The molecule has 3 heteroatoms. The van der Waals surface area contributed by atoms with E-state index in [0.29, 0.717) is 17.7 Å². The summed E-state index contributed by atoms with van der Waals surface area (Å²) in [6.07, 6.45) is 3.85. The maximum absolute atomic E-state index is 6.22. The lowest BCUT2D eigenvalue weighted by Gasteiger charge is -2.32. The van der Waals surface area contributed by atoms with Gasteiger partial charge < -0.3 is 10.5 Å². The van der Waals surface area contributed by atoms with E-state index in [0.717, 1.165) is 36.0 Å². The number of nitrogens with two attached hydrogens (primary N) is 1. The highest BCUT2D eigenvalue weighted by Crippen LogP contribution is 2.33. The smallest absolute Gasteiger partial charge is 0.138 e. The van der Waals surface area contributed by atoms with E-state index in [1.54, 1.807) is 0 Å². The largest absolute Gasteiger partial charge is 0.489 e. The van der Waals surface area contributed by atoms with Crippen LogP contribution in [-0.4, -0.2) is 6.10 Å². The van der Waals surface area contributed by atoms with E-state index in [4.69, 9.17) is 22.1 Å². The lowest BCUT2D eigenvalue weighted by molar-refractivity contribution is 0.101. The Hall–Kier alpha value is -0.730. The zero-order chi connectivity index (χ0) is 13.1. The fraction of sp³-hybridized carbons (Fsp3) is 0.600. The van der Waals surface area contributed by atoms with Gasteiger partial charge in [-0.25, -0.2) is 0 Å². The molecule has 1 aliphatic carbocycles. The third kappa shape index (κ3) is 3.39. The quantitative estimate of drug-likeness (QED) is 0.898. The van der Waals surface area contributed by atoms with Crippen LogP contribution in [0.4, 0.5) is 0 Å². The highest BCUT2D eigenvalue weighted by Gasteiger charge is 2.25. The Labute approximate surface area is 114 Å². The molecule has 0 bridgehead atoms. The monoisotopic (exact) mass is 267 g/mol. The lowest BCUT2D eigenvalue weighted by atomic mass is 9.82. The number of hydrogen-bond donors (Lipinski definition) is 1. The second kappa shape index (κ2) is 5.94. The Morgan fingerprint density at radius 2 is 1.89 bits per heavy atom. The normalized spacial score (nSPS) is 28.1. The molecule has 1 fully saturated rings. The Morgan fingerprint density at radius 1 is 1.22 bits per heavy atom. The Balaban J connectivity index is 2.04. The minimum Gasteiger partial charge on any atom is -0.489 e. The van der Waals surface area contributed by atoms with Gasteiger partial charge in [0.1, 0.15) is 5.75 Å². The van der Waals surface area contributed by atoms with Gasteiger partial charge in [0.25, 0.3) is 0 Å². The first kappa shape index (κ1) is 13.7. The van der Waals surface area contributed by atoms with Gasteiger partial charge in [-0.05, 0) is 48.8 Å². The van der Waals surface area contributed by atoms with Gasteiger partial charge in [0.15, 0.2) is 0 Å². The first-order chi connectivity index (χ1) is 8.58. The van der Waals surface area contributed by atoms with Crippen molar-refractivity contribution < 1.29 is 4.74 Å². The fourth-order valence-corrected chi connectivity index (χ4v) is 3.16. The topological polar surface area (TPSA) is 35.2 Å². The molecule has 0 radical (unpaired) electrons. The van der Waals surface area contributed by atoms with E-state index in [1.165, 1.54) is 6.42 Å². The van der Waals surface area contributed by atoms with Crippen LogP contribution in [0.3, 0.4) is 0 Å². The number of rotatable bonds is 3. The van der Waals surface area contributed by atoms with Crippen LogP contribution in [0.2, 0.25) is 5.02 Å². The minimum absolute atomic E-state index is 0.296. The molecule has 0 spiro atoms. The third-order valence-corrected chi connectivity index (χ3v) is 3.96. The van der Waals surface area contributed by atoms with E-state index in [-0.39, 0.29) is 0 Å². The summed E-state index contributed by atoms with van der Waals surface area (Å²) in [7, 11) is 0. The van der Waals surface area contributed by atoms with Crippen molar-refractivity contribution in [3.8, 4) is 5.75 Å². The van der Waals surface area contributed by atoms with Crippen LogP contribution >= 0.6 is 11.6 Å². The minimum atomic E-state index is 0.296. The summed E-state index contributed by atoms with van der Waals surface area (Å²) in [6.45, 7) is 5.10. The van der Waals surface area contributed by atoms with Crippen LogP contribution < -0.4 is 10.5 Å². The number of benzene rings is 1. The van der Waals surface area contributed by atoms with Crippen molar-refractivity contribution in [1.29, 1.82) is 0 Å². The molecule has 0 aliphatic heterocycles. The lowest BCUT2D eigenvalue weighted by Crippen LogP contribution is -2.28. The zero-order valence-electron chi connectivity index (χ0n) is 11.2. The molecule has 0 heterocycles. The zero-order valence-corrected chi connectivity index (χ0v) is 11.9. The Morgan fingerprint density at radius 3 is 2.44 bits per heavy atom. The summed E-state index contributed by atoms with van der Waals surface area (Å²) in [5.74, 6) is 2.27. The molecule has 0 aromatic heterocycles. The predicted octanol–water partition coefficient (Wildman–Crippen LogP) is 4.00. The van der Waals surface area contributed by atoms with E-state index < -0.39 is 0 Å².